The second kappa shape index (κ2) is 10.9. The molecular formula is C23H21N3O5S. The predicted molar refractivity (Wildman–Crippen MR) is 125 cm³/mol. The summed E-state index contributed by atoms with van der Waals surface area (Å²) in [4.78, 5) is 23.1. The highest BCUT2D eigenvalue weighted by Crippen LogP contribution is 2.28. The summed E-state index contributed by atoms with van der Waals surface area (Å²) in [6.07, 6.45) is 0.746. The Bertz CT molecular complexity index is 1120. The van der Waals surface area contributed by atoms with Crippen molar-refractivity contribution in [3.05, 3.63) is 94.0 Å². The minimum atomic E-state index is -0.532. The summed E-state index contributed by atoms with van der Waals surface area (Å²) in [5.74, 6) is 0.467. The third kappa shape index (κ3) is 6.26. The highest BCUT2D eigenvalue weighted by atomic mass is 32.1. The van der Waals surface area contributed by atoms with Crippen LogP contribution in [0.25, 0.3) is 0 Å². The number of hydrogen-bond donors (Lipinski definition) is 2. The van der Waals surface area contributed by atoms with Crippen LogP contribution in [0.3, 0.4) is 0 Å². The number of hydrogen-bond acceptors (Lipinski definition) is 6. The number of carbonyl (C=O) groups excluding carboxylic acids is 1. The van der Waals surface area contributed by atoms with Gasteiger partial charge < -0.3 is 14.8 Å². The SMILES string of the molecule is COc1ccc([N+](=O)[O-])cc1NC(=S)NC(=O)c1cccc(OCCc2ccccc2)c1. The maximum Gasteiger partial charge on any atom is 0.271 e. The number of nitrogens with one attached hydrogen (secondary N) is 2. The molecule has 0 aliphatic rings. The Kier molecular flexibility index (Phi) is 7.71. The van der Waals surface area contributed by atoms with Crippen molar-refractivity contribution < 1.29 is 19.2 Å². The number of nitrogens with zero attached hydrogens (tertiary/aromatic N) is 1. The summed E-state index contributed by atoms with van der Waals surface area (Å²) in [5.41, 5.74) is 1.65. The Morgan fingerprint density at radius 3 is 2.56 bits per heavy atom. The molecule has 9 heteroatoms. The van der Waals surface area contributed by atoms with Crippen LogP contribution in [0.5, 0.6) is 11.5 Å². The largest absolute Gasteiger partial charge is 0.495 e. The van der Waals surface area contributed by atoms with Gasteiger partial charge in [0.05, 0.1) is 24.3 Å². The van der Waals surface area contributed by atoms with Crippen molar-refractivity contribution in [1.82, 2.24) is 5.32 Å². The number of nitro benzene ring substituents is 1. The lowest BCUT2D eigenvalue weighted by atomic mass is 10.2. The topological polar surface area (TPSA) is 103 Å². The van der Waals surface area contributed by atoms with Gasteiger partial charge in [-0.15, -0.1) is 0 Å². The van der Waals surface area contributed by atoms with Crippen molar-refractivity contribution in [1.29, 1.82) is 0 Å². The van der Waals surface area contributed by atoms with Crippen molar-refractivity contribution in [2.75, 3.05) is 19.0 Å². The van der Waals surface area contributed by atoms with Gasteiger partial charge in [-0.1, -0.05) is 36.4 Å². The molecule has 8 nitrogen and oxygen atoms in total. The molecule has 0 radical (unpaired) electrons. The van der Waals surface area contributed by atoms with E-state index in [0.29, 0.717) is 23.7 Å². The molecule has 0 unspecified atom stereocenters. The molecule has 0 fully saturated rings. The van der Waals surface area contributed by atoms with Gasteiger partial charge in [0.2, 0.25) is 0 Å². The van der Waals surface area contributed by atoms with Gasteiger partial charge in [0.25, 0.3) is 11.6 Å². The van der Waals surface area contributed by atoms with Crippen molar-refractivity contribution >= 4 is 34.6 Å². The van der Waals surface area contributed by atoms with Gasteiger partial charge in [-0.2, -0.15) is 0 Å². The lowest BCUT2D eigenvalue weighted by molar-refractivity contribution is -0.384. The molecule has 1 amide bonds. The molecule has 3 aromatic rings. The number of methoxy groups -OCH3 is 1. The first-order chi connectivity index (χ1) is 15.5. The van der Waals surface area contributed by atoms with Crippen LogP contribution in [0.1, 0.15) is 15.9 Å². The van der Waals surface area contributed by atoms with Crippen molar-refractivity contribution in [2.24, 2.45) is 0 Å². The van der Waals surface area contributed by atoms with Gasteiger partial charge in [-0.25, -0.2) is 0 Å². The lowest BCUT2D eigenvalue weighted by Gasteiger charge is -2.13. The summed E-state index contributed by atoms with van der Waals surface area (Å²) >= 11 is 5.19. The second-order valence-corrected chi connectivity index (χ2v) is 7.07. The van der Waals surface area contributed by atoms with E-state index in [4.69, 9.17) is 21.7 Å². The maximum atomic E-state index is 12.6. The minimum absolute atomic E-state index is 0.0239. The van der Waals surface area contributed by atoms with Crippen molar-refractivity contribution in [3.63, 3.8) is 0 Å². The van der Waals surface area contributed by atoms with E-state index < -0.39 is 10.8 Å². The zero-order valence-corrected chi connectivity index (χ0v) is 18.1. The van der Waals surface area contributed by atoms with Gasteiger partial charge in [0, 0.05) is 24.1 Å². The summed E-state index contributed by atoms with van der Waals surface area (Å²) in [6, 6.07) is 20.7. The van der Waals surface area contributed by atoms with Crippen LogP contribution < -0.4 is 20.1 Å². The van der Waals surface area contributed by atoms with Gasteiger partial charge in [0.1, 0.15) is 11.5 Å². The van der Waals surface area contributed by atoms with Crippen LogP contribution in [-0.2, 0) is 6.42 Å². The highest BCUT2D eigenvalue weighted by Gasteiger charge is 2.14. The van der Waals surface area contributed by atoms with E-state index in [0.717, 1.165) is 12.0 Å². The number of thiocarbonyl (C=S) groups is 1. The number of anilines is 1. The fraction of sp³-hybridized carbons (Fsp3) is 0.130. The number of ether oxygens (including phenoxy) is 2. The molecule has 0 saturated carbocycles. The zero-order chi connectivity index (χ0) is 22.9. The summed E-state index contributed by atoms with van der Waals surface area (Å²) in [6.45, 7) is 0.474. The van der Waals surface area contributed by atoms with Gasteiger partial charge >= 0.3 is 0 Å². The predicted octanol–water partition coefficient (Wildman–Crippen LogP) is 4.35. The molecule has 3 aromatic carbocycles. The fourth-order valence-corrected chi connectivity index (χ4v) is 3.10. The summed E-state index contributed by atoms with van der Waals surface area (Å²) < 4.78 is 10.9. The summed E-state index contributed by atoms with van der Waals surface area (Å²) in [5, 5.41) is 16.3. The van der Waals surface area contributed by atoms with Crippen molar-refractivity contribution in [3.8, 4) is 11.5 Å². The molecule has 3 rings (SSSR count). The van der Waals surface area contributed by atoms with Gasteiger partial charge in [-0.3, -0.25) is 20.2 Å². The van der Waals surface area contributed by atoms with E-state index in [1.54, 1.807) is 24.3 Å². The number of benzene rings is 3. The molecule has 0 aliphatic heterocycles. The monoisotopic (exact) mass is 451 g/mol. The zero-order valence-electron chi connectivity index (χ0n) is 17.2. The van der Waals surface area contributed by atoms with E-state index in [1.807, 2.05) is 30.3 Å². The second-order valence-electron chi connectivity index (χ2n) is 6.66. The average Bonchev–Trinajstić information content (AvgIpc) is 2.79. The third-order valence-electron chi connectivity index (χ3n) is 4.47. The molecule has 32 heavy (non-hydrogen) atoms. The van der Waals surface area contributed by atoms with E-state index in [9.17, 15) is 14.9 Å². The Hall–Kier alpha value is -3.98. The number of rotatable bonds is 8. The van der Waals surface area contributed by atoms with Crippen LogP contribution in [0.2, 0.25) is 0 Å². The van der Waals surface area contributed by atoms with Gasteiger partial charge in [-0.05, 0) is 42.0 Å². The molecule has 2 N–H and O–H groups in total. The van der Waals surface area contributed by atoms with Crippen LogP contribution in [-0.4, -0.2) is 29.7 Å². The number of nitro groups is 1. The minimum Gasteiger partial charge on any atom is -0.495 e. The van der Waals surface area contributed by atoms with E-state index in [2.05, 4.69) is 10.6 Å². The molecular weight excluding hydrogens is 430 g/mol. The molecule has 0 aliphatic carbocycles. The number of non-ortho nitro benzene ring substituents is 1. The molecule has 0 bridgehead atoms. The molecule has 0 saturated heterocycles. The van der Waals surface area contributed by atoms with E-state index in [-0.39, 0.29) is 16.5 Å². The molecule has 0 aromatic heterocycles. The normalized spacial score (nSPS) is 10.2. The number of carbonyl (C=O) groups is 1. The maximum absolute atomic E-state index is 12.6. The Morgan fingerprint density at radius 1 is 1.06 bits per heavy atom. The standard InChI is InChI=1S/C23H21N3O5S/c1-30-21-11-10-18(26(28)29)15-20(21)24-23(32)25-22(27)17-8-5-9-19(14-17)31-13-12-16-6-3-2-4-7-16/h2-11,14-15H,12-13H2,1H3,(H2,24,25,27,32). The smallest absolute Gasteiger partial charge is 0.271 e. The quantitative estimate of drug-likeness (QED) is 0.298. The first-order valence-corrected chi connectivity index (χ1v) is 10.1. The first-order valence-electron chi connectivity index (χ1n) is 9.68. The molecule has 0 atom stereocenters. The third-order valence-corrected chi connectivity index (χ3v) is 4.67. The van der Waals surface area contributed by atoms with Crippen LogP contribution in [0.4, 0.5) is 11.4 Å². The summed E-state index contributed by atoms with van der Waals surface area (Å²) in [7, 11) is 1.43. The van der Waals surface area contributed by atoms with Crippen LogP contribution >= 0.6 is 12.2 Å². The van der Waals surface area contributed by atoms with Gasteiger partial charge in [0.15, 0.2) is 5.11 Å². The van der Waals surface area contributed by atoms with Crippen molar-refractivity contribution in [2.45, 2.75) is 6.42 Å². The molecule has 0 spiro atoms. The first kappa shape index (κ1) is 22.7. The molecule has 164 valence electrons. The van der Waals surface area contributed by atoms with E-state index >= 15 is 0 Å². The Morgan fingerprint density at radius 2 is 1.84 bits per heavy atom. The lowest BCUT2D eigenvalue weighted by Crippen LogP contribution is -2.34. The number of amides is 1. The Balaban J connectivity index is 1.59. The van der Waals surface area contributed by atoms with E-state index in [1.165, 1.54) is 25.3 Å². The highest BCUT2D eigenvalue weighted by molar-refractivity contribution is 7.80. The molecule has 0 heterocycles. The van der Waals surface area contributed by atoms with Crippen LogP contribution in [0.15, 0.2) is 72.8 Å². The average molecular weight is 452 g/mol. The van der Waals surface area contributed by atoms with Crippen LogP contribution in [0, 0.1) is 10.1 Å². The fourth-order valence-electron chi connectivity index (χ4n) is 2.89. The Labute approximate surface area is 190 Å².